The number of nitro groups is 1. The molecule has 114 valence electrons. The van der Waals surface area contributed by atoms with Gasteiger partial charge in [0.1, 0.15) is 10.0 Å². The second kappa shape index (κ2) is 6.53. The van der Waals surface area contributed by atoms with Crippen molar-refractivity contribution in [2.45, 2.75) is 25.9 Å². The lowest BCUT2D eigenvalue weighted by Crippen LogP contribution is -2.53. The highest BCUT2D eigenvalue weighted by molar-refractivity contribution is 9.10. The number of halogens is 1. The number of urea groups is 1. The average Bonchev–Trinajstić information content (AvgIpc) is 2.36. The molecule has 0 saturated carbocycles. The van der Waals surface area contributed by atoms with E-state index in [2.05, 4.69) is 26.6 Å². The van der Waals surface area contributed by atoms with Crippen molar-refractivity contribution in [1.29, 1.82) is 0 Å². The molecule has 0 spiro atoms. The Kier molecular flexibility index (Phi) is 5.25. The Morgan fingerprint density at radius 2 is 2.05 bits per heavy atom. The molecule has 0 atom stereocenters. The molecule has 2 amide bonds. The van der Waals surface area contributed by atoms with E-state index in [0.29, 0.717) is 5.56 Å². The number of amides is 2. The number of nitrogens with zero attached hydrogens (tertiary/aromatic N) is 1. The molecule has 8 nitrogen and oxygen atoms in total. The summed E-state index contributed by atoms with van der Waals surface area (Å²) in [5, 5.41) is 24.4. The smallest absolute Gasteiger partial charge is 0.328 e. The van der Waals surface area contributed by atoms with Crippen LogP contribution >= 0.6 is 15.9 Å². The molecule has 1 aromatic carbocycles. The largest absolute Gasteiger partial charge is 0.480 e. The van der Waals surface area contributed by atoms with Crippen molar-refractivity contribution in [3.63, 3.8) is 0 Å². The number of carboxylic acids is 1. The van der Waals surface area contributed by atoms with Crippen molar-refractivity contribution in [1.82, 2.24) is 10.6 Å². The molecule has 0 unspecified atom stereocenters. The fourth-order valence-corrected chi connectivity index (χ4v) is 1.95. The molecular formula is C12H14BrN3O5. The molecule has 0 radical (unpaired) electrons. The normalized spacial score (nSPS) is 10.8. The molecule has 0 fully saturated rings. The molecule has 0 aliphatic carbocycles. The van der Waals surface area contributed by atoms with Crippen LogP contribution in [0.5, 0.6) is 0 Å². The first-order valence-corrected chi connectivity index (χ1v) is 6.65. The Balaban J connectivity index is 2.72. The van der Waals surface area contributed by atoms with E-state index < -0.39 is 22.5 Å². The molecule has 0 aliphatic heterocycles. The monoisotopic (exact) mass is 359 g/mol. The number of rotatable bonds is 5. The number of carbonyl (C=O) groups excluding carboxylic acids is 1. The second-order valence-corrected chi connectivity index (χ2v) is 5.54. The van der Waals surface area contributed by atoms with Gasteiger partial charge < -0.3 is 15.7 Å². The van der Waals surface area contributed by atoms with E-state index >= 15 is 0 Å². The van der Waals surface area contributed by atoms with Gasteiger partial charge in [0.15, 0.2) is 0 Å². The third-order valence-electron chi connectivity index (χ3n) is 2.66. The van der Waals surface area contributed by atoms with E-state index in [4.69, 9.17) is 5.11 Å². The van der Waals surface area contributed by atoms with Crippen molar-refractivity contribution in [2.24, 2.45) is 0 Å². The van der Waals surface area contributed by atoms with Gasteiger partial charge in [-0.15, -0.1) is 0 Å². The summed E-state index contributed by atoms with van der Waals surface area (Å²) in [6.45, 7) is 2.71. The zero-order valence-corrected chi connectivity index (χ0v) is 12.9. The van der Waals surface area contributed by atoms with Gasteiger partial charge in [0, 0.05) is 12.6 Å². The Morgan fingerprint density at radius 1 is 1.43 bits per heavy atom. The van der Waals surface area contributed by atoms with Crippen LogP contribution in [0.15, 0.2) is 22.7 Å². The molecule has 0 saturated heterocycles. The van der Waals surface area contributed by atoms with Gasteiger partial charge in [0.25, 0.3) is 5.69 Å². The Labute approximate surface area is 128 Å². The second-order valence-electron chi connectivity index (χ2n) is 4.75. The van der Waals surface area contributed by atoms with Gasteiger partial charge in [-0.2, -0.15) is 0 Å². The summed E-state index contributed by atoms with van der Waals surface area (Å²) in [4.78, 5) is 32.8. The van der Waals surface area contributed by atoms with Crippen LogP contribution in [0.4, 0.5) is 10.5 Å². The average molecular weight is 360 g/mol. The minimum atomic E-state index is -1.41. The summed E-state index contributed by atoms with van der Waals surface area (Å²) in [7, 11) is 0. The minimum absolute atomic E-state index is 0.0177. The van der Waals surface area contributed by atoms with Crippen molar-refractivity contribution in [3.8, 4) is 0 Å². The molecule has 0 aromatic heterocycles. The van der Waals surface area contributed by atoms with Gasteiger partial charge in [0.2, 0.25) is 0 Å². The Hall–Kier alpha value is -2.16. The van der Waals surface area contributed by atoms with E-state index in [1.54, 1.807) is 6.07 Å². The van der Waals surface area contributed by atoms with E-state index in [-0.39, 0.29) is 16.7 Å². The molecule has 1 aromatic rings. The van der Waals surface area contributed by atoms with Crippen LogP contribution in [0.1, 0.15) is 19.4 Å². The first-order chi connectivity index (χ1) is 9.65. The highest BCUT2D eigenvalue weighted by Gasteiger charge is 2.28. The van der Waals surface area contributed by atoms with Gasteiger partial charge in [-0.05, 0) is 35.3 Å². The highest BCUT2D eigenvalue weighted by atomic mass is 79.9. The maximum absolute atomic E-state index is 11.6. The Bertz CT molecular complexity index is 588. The van der Waals surface area contributed by atoms with Gasteiger partial charge in [-0.1, -0.05) is 12.1 Å². The van der Waals surface area contributed by atoms with E-state index in [9.17, 15) is 19.7 Å². The summed E-state index contributed by atoms with van der Waals surface area (Å²) in [5.74, 6) is -1.17. The summed E-state index contributed by atoms with van der Waals surface area (Å²) in [6.07, 6.45) is 0. The summed E-state index contributed by atoms with van der Waals surface area (Å²) < 4.78 is 0.271. The lowest BCUT2D eigenvalue weighted by Gasteiger charge is -2.21. The number of benzene rings is 1. The number of carbonyl (C=O) groups is 2. The molecule has 0 aliphatic rings. The van der Waals surface area contributed by atoms with E-state index in [1.807, 2.05) is 0 Å². The number of carboxylic acid groups (broad SMARTS) is 1. The molecule has 1 rings (SSSR count). The zero-order valence-electron chi connectivity index (χ0n) is 11.3. The molecule has 21 heavy (non-hydrogen) atoms. The predicted octanol–water partition coefficient (Wildman–Crippen LogP) is 2.02. The van der Waals surface area contributed by atoms with Crippen LogP contribution < -0.4 is 10.6 Å². The topological polar surface area (TPSA) is 122 Å². The summed E-state index contributed by atoms with van der Waals surface area (Å²) in [6, 6.07) is 3.76. The predicted molar refractivity (Wildman–Crippen MR) is 77.9 cm³/mol. The highest BCUT2D eigenvalue weighted by Crippen LogP contribution is 2.28. The quantitative estimate of drug-likeness (QED) is 0.548. The number of aliphatic carboxylic acids is 1. The fourth-order valence-electron chi connectivity index (χ4n) is 1.40. The van der Waals surface area contributed by atoms with Crippen molar-refractivity contribution in [2.75, 3.05) is 0 Å². The zero-order chi connectivity index (χ0) is 16.2. The van der Waals surface area contributed by atoms with Crippen molar-refractivity contribution in [3.05, 3.63) is 38.3 Å². The first-order valence-electron chi connectivity index (χ1n) is 5.86. The van der Waals surface area contributed by atoms with Crippen LogP contribution in [0, 0.1) is 10.1 Å². The van der Waals surface area contributed by atoms with E-state index in [1.165, 1.54) is 26.0 Å². The standard InChI is InChI=1S/C12H14BrN3O5/c1-12(2,10(17)18)15-11(19)14-6-7-4-3-5-8(9(7)13)16(20)21/h3-5H,6H2,1-2H3,(H,17,18)(H2,14,15,19). The SMILES string of the molecule is CC(C)(NC(=O)NCc1cccc([N+](=O)[O-])c1Br)C(=O)O. The van der Waals surface area contributed by atoms with Gasteiger partial charge in [-0.25, -0.2) is 9.59 Å². The lowest BCUT2D eigenvalue weighted by atomic mass is 10.1. The molecule has 0 bridgehead atoms. The minimum Gasteiger partial charge on any atom is -0.480 e. The van der Waals surface area contributed by atoms with E-state index in [0.717, 1.165) is 0 Å². The summed E-state index contributed by atoms with van der Waals surface area (Å²) in [5.41, 5.74) is -1.02. The van der Waals surface area contributed by atoms with Crippen LogP contribution in [-0.4, -0.2) is 27.6 Å². The molecule has 3 N–H and O–H groups in total. The maximum atomic E-state index is 11.6. The maximum Gasteiger partial charge on any atom is 0.328 e. The fraction of sp³-hybridized carbons (Fsp3) is 0.333. The summed E-state index contributed by atoms with van der Waals surface area (Å²) >= 11 is 3.11. The lowest BCUT2D eigenvalue weighted by molar-refractivity contribution is -0.385. The first kappa shape index (κ1) is 16.9. The van der Waals surface area contributed by atoms with Crippen LogP contribution in [0.25, 0.3) is 0 Å². The van der Waals surface area contributed by atoms with Gasteiger partial charge in [-0.3, -0.25) is 10.1 Å². The molecule has 9 heteroatoms. The van der Waals surface area contributed by atoms with Crippen LogP contribution in [0.3, 0.4) is 0 Å². The van der Waals surface area contributed by atoms with Crippen molar-refractivity contribution >= 4 is 33.6 Å². The Morgan fingerprint density at radius 3 is 2.57 bits per heavy atom. The number of nitrogens with one attached hydrogen (secondary N) is 2. The number of nitro benzene ring substituents is 1. The van der Waals surface area contributed by atoms with Crippen LogP contribution in [0.2, 0.25) is 0 Å². The van der Waals surface area contributed by atoms with Crippen LogP contribution in [-0.2, 0) is 11.3 Å². The van der Waals surface area contributed by atoms with Gasteiger partial charge >= 0.3 is 12.0 Å². The molecular weight excluding hydrogens is 346 g/mol. The number of hydrogen-bond donors (Lipinski definition) is 3. The van der Waals surface area contributed by atoms with Crippen molar-refractivity contribution < 1.29 is 19.6 Å². The number of hydrogen-bond acceptors (Lipinski definition) is 4. The third-order valence-corrected chi connectivity index (χ3v) is 3.57. The molecule has 0 heterocycles. The third kappa shape index (κ3) is 4.42. The van der Waals surface area contributed by atoms with Gasteiger partial charge in [0.05, 0.1) is 4.92 Å².